The van der Waals surface area contributed by atoms with Crippen LogP contribution in [-0.4, -0.2) is 11.9 Å². The van der Waals surface area contributed by atoms with Gasteiger partial charge in [0.15, 0.2) is 0 Å². The lowest BCUT2D eigenvalue weighted by Crippen LogP contribution is -2.42. The van der Waals surface area contributed by atoms with Crippen molar-refractivity contribution in [3.05, 3.63) is 34.9 Å². The Kier molecular flexibility index (Phi) is 6.80. The lowest BCUT2D eigenvalue weighted by Gasteiger charge is -2.26. The van der Waals surface area contributed by atoms with E-state index in [2.05, 4.69) is 5.32 Å². The first-order chi connectivity index (χ1) is 9.08. The van der Waals surface area contributed by atoms with Gasteiger partial charge < -0.3 is 11.1 Å². The monoisotopic (exact) mass is 316 g/mol. The first-order valence-electron chi connectivity index (χ1n) is 6.89. The lowest BCUT2D eigenvalue weighted by molar-refractivity contribution is -0.123. The van der Waals surface area contributed by atoms with E-state index in [1.807, 2.05) is 24.3 Å². The largest absolute Gasteiger partial charge is 0.348 e. The van der Waals surface area contributed by atoms with Crippen LogP contribution in [-0.2, 0) is 4.79 Å². The highest BCUT2D eigenvalue weighted by Gasteiger charge is 2.28. The molecule has 0 aliphatic heterocycles. The van der Waals surface area contributed by atoms with Crippen LogP contribution in [0, 0.1) is 5.92 Å². The van der Waals surface area contributed by atoms with Crippen LogP contribution < -0.4 is 11.1 Å². The van der Waals surface area contributed by atoms with E-state index in [1.165, 1.54) is 12.8 Å². The Balaban J connectivity index is 0.00000200. The normalized spacial score (nSPS) is 18.1. The minimum Gasteiger partial charge on any atom is -0.348 e. The van der Waals surface area contributed by atoms with Crippen LogP contribution in [0.15, 0.2) is 24.3 Å². The van der Waals surface area contributed by atoms with Crippen LogP contribution in [0.5, 0.6) is 0 Å². The van der Waals surface area contributed by atoms with Gasteiger partial charge in [0, 0.05) is 5.02 Å². The predicted molar refractivity (Wildman–Crippen MR) is 85.2 cm³/mol. The summed E-state index contributed by atoms with van der Waals surface area (Å²) < 4.78 is 0. The van der Waals surface area contributed by atoms with Crippen LogP contribution in [0.2, 0.25) is 5.02 Å². The molecular weight excluding hydrogens is 295 g/mol. The summed E-state index contributed by atoms with van der Waals surface area (Å²) in [6.45, 7) is 1.71. The highest BCUT2D eigenvalue weighted by molar-refractivity contribution is 6.30. The Morgan fingerprint density at radius 2 is 1.85 bits per heavy atom. The molecule has 2 atom stereocenters. The summed E-state index contributed by atoms with van der Waals surface area (Å²) >= 11 is 5.92. The van der Waals surface area contributed by atoms with E-state index in [1.54, 1.807) is 6.92 Å². The molecule has 1 aliphatic rings. The molecule has 0 heterocycles. The molecule has 2 rings (SSSR count). The number of benzene rings is 1. The second-order valence-corrected chi connectivity index (χ2v) is 5.81. The van der Waals surface area contributed by atoms with E-state index in [0.29, 0.717) is 10.9 Å². The fourth-order valence-corrected chi connectivity index (χ4v) is 2.84. The van der Waals surface area contributed by atoms with Crippen molar-refractivity contribution in [3.63, 3.8) is 0 Å². The van der Waals surface area contributed by atoms with Gasteiger partial charge in [-0.2, -0.15) is 0 Å². The van der Waals surface area contributed by atoms with E-state index in [4.69, 9.17) is 17.3 Å². The Morgan fingerprint density at radius 3 is 2.35 bits per heavy atom. The van der Waals surface area contributed by atoms with Gasteiger partial charge in [0.2, 0.25) is 5.91 Å². The van der Waals surface area contributed by atoms with Crippen molar-refractivity contribution >= 4 is 29.9 Å². The van der Waals surface area contributed by atoms with Crippen molar-refractivity contribution in [2.45, 2.75) is 44.7 Å². The highest BCUT2D eigenvalue weighted by atomic mass is 35.5. The first kappa shape index (κ1) is 17.3. The molecule has 1 saturated carbocycles. The Hall–Kier alpha value is -0.770. The number of carbonyl (C=O) groups excluding carboxylic acids is 1. The van der Waals surface area contributed by atoms with Gasteiger partial charge in [-0.1, -0.05) is 36.6 Å². The molecular formula is C15H22Cl2N2O. The van der Waals surface area contributed by atoms with Crippen molar-refractivity contribution in [3.8, 4) is 0 Å². The van der Waals surface area contributed by atoms with Gasteiger partial charge in [-0.3, -0.25) is 4.79 Å². The van der Waals surface area contributed by atoms with Gasteiger partial charge in [-0.15, -0.1) is 12.4 Å². The van der Waals surface area contributed by atoms with Crippen molar-refractivity contribution in [1.82, 2.24) is 5.32 Å². The van der Waals surface area contributed by atoms with Gasteiger partial charge in [-0.05, 0) is 43.4 Å². The SMILES string of the molecule is C[C@H](N)C(=O)NC(c1ccc(Cl)cc1)C1CCCC1.Cl. The van der Waals surface area contributed by atoms with Crippen molar-refractivity contribution in [1.29, 1.82) is 0 Å². The third-order valence-corrected chi connectivity index (χ3v) is 4.06. The molecule has 1 aromatic carbocycles. The molecule has 1 fully saturated rings. The fourth-order valence-electron chi connectivity index (χ4n) is 2.72. The number of nitrogens with one attached hydrogen (secondary N) is 1. The Morgan fingerprint density at radius 1 is 1.30 bits per heavy atom. The number of nitrogens with two attached hydrogens (primary N) is 1. The van der Waals surface area contributed by atoms with Gasteiger partial charge in [-0.25, -0.2) is 0 Å². The van der Waals surface area contributed by atoms with Crippen LogP contribution in [0.1, 0.15) is 44.2 Å². The smallest absolute Gasteiger partial charge is 0.237 e. The minimum absolute atomic E-state index is 0. The summed E-state index contributed by atoms with van der Waals surface area (Å²) in [5.74, 6) is 0.413. The maximum absolute atomic E-state index is 11.9. The van der Waals surface area contributed by atoms with Crippen LogP contribution in [0.4, 0.5) is 0 Å². The molecule has 5 heteroatoms. The number of amides is 1. The second kappa shape index (κ2) is 7.87. The molecule has 1 amide bonds. The Bertz CT molecular complexity index is 428. The van der Waals surface area contributed by atoms with E-state index in [-0.39, 0.29) is 24.4 Å². The number of hydrogen-bond donors (Lipinski definition) is 2. The van der Waals surface area contributed by atoms with Gasteiger partial charge in [0.25, 0.3) is 0 Å². The maximum atomic E-state index is 11.9. The number of hydrogen-bond acceptors (Lipinski definition) is 2. The molecule has 0 saturated heterocycles. The van der Waals surface area contributed by atoms with Crippen molar-refractivity contribution in [2.75, 3.05) is 0 Å². The summed E-state index contributed by atoms with van der Waals surface area (Å²) in [6, 6.07) is 7.31. The molecule has 1 aromatic rings. The topological polar surface area (TPSA) is 55.1 Å². The van der Waals surface area contributed by atoms with Gasteiger partial charge >= 0.3 is 0 Å². The predicted octanol–water partition coefficient (Wildman–Crippen LogP) is 3.46. The first-order valence-corrected chi connectivity index (χ1v) is 7.27. The zero-order valence-electron chi connectivity index (χ0n) is 11.6. The molecule has 1 unspecified atom stereocenters. The van der Waals surface area contributed by atoms with Gasteiger partial charge in [0.1, 0.15) is 0 Å². The van der Waals surface area contributed by atoms with Crippen LogP contribution >= 0.6 is 24.0 Å². The summed E-state index contributed by atoms with van der Waals surface area (Å²) in [7, 11) is 0. The zero-order valence-corrected chi connectivity index (χ0v) is 13.2. The van der Waals surface area contributed by atoms with Gasteiger partial charge in [0.05, 0.1) is 12.1 Å². The van der Waals surface area contributed by atoms with E-state index in [0.717, 1.165) is 18.4 Å². The highest BCUT2D eigenvalue weighted by Crippen LogP contribution is 2.36. The molecule has 0 aromatic heterocycles. The fraction of sp³-hybridized carbons (Fsp3) is 0.533. The van der Waals surface area contributed by atoms with Crippen molar-refractivity contribution in [2.24, 2.45) is 11.7 Å². The second-order valence-electron chi connectivity index (χ2n) is 5.37. The quantitative estimate of drug-likeness (QED) is 0.893. The number of carbonyl (C=O) groups is 1. The zero-order chi connectivity index (χ0) is 13.8. The number of rotatable bonds is 4. The molecule has 112 valence electrons. The van der Waals surface area contributed by atoms with E-state index in [9.17, 15) is 4.79 Å². The third-order valence-electron chi connectivity index (χ3n) is 3.81. The number of halogens is 2. The third kappa shape index (κ3) is 4.37. The van der Waals surface area contributed by atoms with Crippen LogP contribution in [0.3, 0.4) is 0 Å². The van der Waals surface area contributed by atoms with Crippen molar-refractivity contribution < 1.29 is 4.79 Å². The molecule has 3 nitrogen and oxygen atoms in total. The molecule has 20 heavy (non-hydrogen) atoms. The van der Waals surface area contributed by atoms with E-state index >= 15 is 0 Å². The molecule has 1 aliphatic carbocycles. The maximum Gasteiger partial charge on any atom is 0.237 e. The summed E-state index contributed by atoms with van der Waals surface area (Å²) in [4.78, 5) is 11.9. The Labute approximate surface area is 131 Å². The van der Waals surface area contributed by atoms with Crippen LogP contribution in [0.25, 0.3) is 0 Å². The summed E-state index contributed by atoms with van der Waals surface area (Å²) in [5, 5.41) is 3.80. The minimum atomic E-state index is -0.476. The lowest BCUT2D eigenvalue weighted by atomic mass is 9.91. The standard InChI is InChI=1S/C15H21ClN2O.ClH/c1-10(17)15(19)18-14(11-4-2-3-5-11)12-6-8-13(16)9-7-12;/h6-11,14H,2-5,17H2,1H3,(H,18,19);1H/t10-,14?;/m0./s1. The molecule has 0 radical (unpaired) electrons. The average molecular weight is 317 g/mol. The molecule has 0 spiro atoms. The average Bonchev–Trinajstić information content (AvgIpc) is 2.90. The van der Waals surface area contributed by atoms with E-state index < -0.39 is 6.04 Å². The molecule has 0 bridgehead atoms. The summed E-state index contributed by atoms with van der Waals surface area (Å²) in [6.07, 6.45) is 4.80. The molecule has 3 N–H and O–H groups in total. The summed E-state index contributed by atoms with van der Waals surface area (Å²) in [5.41, 5.74) is 6.77.